The van der Waals surface area contributed by atoms with E-state index in [-0.39, 0.29) is 12.2 Å². The molecule has 1 amide bonds. The first-order chi connectivity index (χ1) is 7.15. The van der Waals surface area contributed by atoms with Crippen LogP contribution in [0, 0.1) is 0 Å². The molecule has 0 bridgehead atoms. The second-order valence-electron chi connectivity index (χ2n) is 5.43. The van der Waals surface area contributed by atoms with Crippen molar-refractivity contribution in [3.63, 3.8) is 0 Å². The fourth-order valence-corrected chi connectivity index (χ4v) is 1.96. The van der Waals surface area contributed by atoms with Crippen LogP contribution in [-0.4, -0.2) is 40.3 Å². The summed E-state index contributed by atoms with van der Waals surface area (Å²) in [6.07, 6.45) is -0.288. The largest absolute Gasteiger partial charge is 0.444 e. The standard InChI is InChI=1S/C11H20BrNO3/c1-10(2,3)16-9(14)13-7-8(6-12)15-11(13,4)5/h8H,6-7H2,1-5H3. The van der Waals surface area contributed by atoms with Gasteiger partial charge in [0.05, 0.1) is 12.6 Å². The van der Waals surface area contributed by atoms with Crippen LogP contribution in [0.1, 0.15) is 34.6 Å². The topological polar surface area (TPSA) is 38.8 Å². The molecule has 0 aromatic rings. The maximum absolute atomic E-state index is 11.9. The maximum atomic E-state index is 11.9. The van der Waals surface area contributed by atoms with E-state index in [1.54, 1.807) is 4.90 Å². The van der Waals surface area contributed by atoms with Crippen molar-refractivity contribution in [3.8, 4) is 0 Å². The van der Waals surface area contributed by atoms with Crippen LogP contribution in [0.2, 0.25) is 0 Å². The quantitative estimate of drug-likeness (QED) is 0.698. The number of carbonyl (C=O) groups excluding carboxylic acids is 1. The molecule has 1 fully saturated rings. The van der Waals surface area contributed by atoms with Crippen LogP contribution in [0.25, 0.3) is 0 Å². The first-order valence-corrected chi connectivity index (χ1v) is 6.52. The second kappa shape index (κ2) is 4.53. The molecule has 0 aromatic carbocycles. The third-order valence-electron chi connectivity index (χ3n) is 2.28. The van der Waals surface area contributed by atoms with Crippen LogP contribution in [0.5, 0.6) is 0 Å². The summed E-state index contributed by atoms with van der Waals surface area (Å²) >= 11 is 3.36. The molecular weight excluding hydrogens is 274 g/mol. The van der Waals surface area contributed by atoms with E-state index in [0.29, 0.717) is 6.54 Å². The molecule has 0 aliphatic carbocycles. The van der Waals surface area contributed by atoms with E-state index in [0.717, 1.165) is 5.33 Å². The van der Waals surface area contributed by atoms with Crippen molar-refractivity contribution >= 4 is 22.0 Å². The highest BCUT2D eigenvalue weighted by Crippen LogP contribution is 2.29. The van der Waals surface area contributed by atoms with Crippen molar-refractivity contribution in [1.82, 2.24) is 4.90 Å². The van der Waals surface area contributed by atoms with Gasteiger partial charge in [-0.1, -0.05) is 15.9 Å². The molecule has 0 radical (unpaired) electrons. The zero-order valence-electron chi connectivity index (χ0n) is 10.5. The number of alkyl halides is 1. The monoisotopic (exact) mass is 293 g/mol. The van der Waals surface area contributed by atoms with Gasteiger partial charge in [0.1, 0.15) is 11.3 Å². The van der Waals surface area contributed by atoms with Gasteiger partial charge < -0.3 is 9.47 Å². The van der Waals surface area contributed by atoms with Crippen molar-refractivity contribution in [2.24, 2.45) is 0 Å². The first-order valence-electron chi connectivity index (χ1n) is 5.40. The van der Waals surface area contributed by atoms with E-state index in [2.05, 4.69) is 15.9 Å². The lowest BCUT2D eigenvalue weighted by Crippen LogP contribution is -2.46. The molecule has 5 heteroatoms. The van der Waals surface area contributed by atoms with Crippen LogP contribution in [0.4, 0.5) is 4.79 Å². The third-order valence-corrected chi connectivity index (χ3v) is 3.00. The lowest BCUT2D eigenvalue weighted by atomic mass is 10.2. The van der Waals surface area contributed by atoms with Gasteiger partial charge in [-0.15, -0.1) is 0 Å². The number of halogens is 1. The summed E-state index contributed by atoms with van der Waals surface area (Å²) in [5.74, 6) is 0. The number of hydrogen-bond acceptors (Lipinski definition) is 3. The Labute approximate surface area is 105 Å². The molecule has 0 saturated carbocycles. The van der Waals surface area contributed by atoms with E-state index in [9.17, 15) is 4.79 Å². The van der Waals surface area contributed by atoms with Gasteiger partial charge in [-0.3, -0.25) is 4.90 Å². The van der Waals surface area contributed by atoms with Gasteiger partial charge in [0.25, 0.3) is 0 Å². The molecule has 1 saturated heterocycles. The minimum Gasteiger partial charge on any atom is -0.444 e. The number of hydrogen-bond donors (Lipinski definition) is 0. The Hall–Kier alpha value is -0.290. The molecule has 1 atom stereocenters. The number of carbonyl (C=O) groups is 1. The Kier molecular flexibility index (Phi) is 3.90. The molecule has 1 rings (SSSR count). The summed E-state index contributed by atoms with van der Waals surface area (Å²) < 4.78 is 11.1. The van der Waals surface area contributed by atoms with E-state index in [4.69, 9.17) is 9.47 Å². The van der Waals surface area contributed by atoms with Gasteiger partial charge in [-0.2, -0.15) is 0 Å². The molecule has 1 unspecified atom stereocenters. The molecule has 0 N–H and O–H groups in total. The number of nitrogens with zero attached hydrogens (tertiary/aromatic N) is 1. The predicted molar refractivity (Wildman–Crippen MR) is 65.7 cm³/mol. The lowest BCUT2D eigenvalue weighted by Gasteiger charge is -2.31. The predicted octanol–water partition coefficient (Wildman–Crippen LogP) is 2.75. The molecular formula is C11H20BrNO3. The molecule has 0 aromatic heterocycles. The van der Waals surface area contributed by atoms with Crippen LogP contribution in [0.3, 0.4) is 0 Å². The summed E-state index contributed by atoms with van der Waals surface area (Å²) in [5.41, 5.74) is -1.07. The Morgan fingerprint density at radius 1 is 1.56 bits per heavy atom. The first kappa shape index (κ1) is 13.8. The Balaban J connectivity index is 2.69. The maximum Gasteiger partial charge on any atom is 0.412 e. The van der Waals surface area contributed by atoms with Gasteiger partial charge >= 0.3 is 6.09 Å². The average molecular weight is 294 g/mol. The van der Waals surface area contributed by atoms with Crippen LogP contribution >= 0.6 is 15.9 Å². The smallest absolute Gasteiger partial charge is 0.412 e. The van der Waals surface area contributed by atoms with Gasteiger partial charge in [-0.25, -0.2) is 4.79 Å². The molecule has 0 spiro atoms. The highest BCUT2D eigenvalue weighted by molar-refractivity contribution is 9.09. The van der Waals surface area contributed by atoms with Gasteiger partial charge in [0.15, 0.2) is 0 Å². The van der Waals surface area contributed by atoms with Crippen molar-refractivity contribution in [2.45, 2.75) is 52.0 Å². The van der Waals surface area contributed by atoms with Crippen molar-refractivity contribution < 1.29 is 14.3 Å². The summed E-state index contributed by atoms with van der Waals surface area (Å²) in [4.78, 5) is 13.6. The molecule has 94 valence electrons. The van der Waals surface area contributed by atoms with E-state index >= 15 is 0 Å². The second-order valence-corrected chi connectivity index (χ2v) is 6.08. The zero-order chi connectivity index (χ0) is 12.6. The fourth-order valence-electron chi connectivity index (χ4n) is 1.62. The normalized spacial score (nSPS) is 24.6. The summed E-state index contributed by atoms with van der Waals surface area (Å²) in [6.45, 7) is 9.89. The van der Waals surface area contributed by atoms with Crippen LogP contribution < -0.4 is 0 Å². The summed E-state index contributed by atoms with van der Waals surface area (Å²) in [7, 11) is 0. The molecule has 1 heterocycles. The molecule has 16 heavy (non-hydrogen) atoms. The van der Waals surface area contributed by atoms with Gasteiger partial charge in [-0.05, 0) is 34.6 Å². The summed E-state index contributed by atoms with van der Waals surface area (Å²) in [5, 5.41) is 0.718. The zero-order valence-corrected chi connectivity index (χ0v) is 12.1. The highest BCUT2D eigenvalue weighted by Gasteiger charge is 2.43. The van der Waals surface area contributed by atoms with Crippen molar-refractivity contribution in [1.29, 1.82) is 0 Å². The number of ether oxygens (including phenoxy) is 2. The summed E-state index contributed by atoms with van der Waals surface area (Å²) in [6, 6.07) is 0. The average Bonchev–Trinajstić information content (AvgIpc) is 2.37. The molecule has 4 nitrogen and oxygen atoms in total. The minimum absolute atomic E-state index is 0.0301. The fraction of sp³-hybridized carbons (Fsp3) is 0.909. The van der Waals surface area contributed by atoms with Crippen LogP contribution in [-0.2, 0) is 9.47 Å². The van der Waals surface area contributed by atoms with E-state index in [1.165, 1.54) is 0 Å². The van der Waals surface area contributed by atoms with Crippen molar-refractivity contribution in [3.05, 3.63) is 0 Å². The minimum atomic E-state index is -0.596. The van der Waals surface area contributed by atoms with Gasteiger partial charge in [0.2, 0.25) is 0 Å². The van der Waals surface area contributed by atoms with Crippen LogP contribution in [0.15, 0.2) is 0 Å². The highest BCUT2D eigenvalue weighted by atomic mass is 79.9. The number of rotatable bonds is 1. The lowest BCUT2D eigenvalue weighted by molar-refractivity contribution is -0.0735. The van der Waals surface area contributed by atoms with Crippen molar-refractivity contribution in [2.75, 3.05) is 11.9 Å². The third kappa shape index (κ3) is 3.35. The Morgan fingerprint density at radius 3 is 2.50 bits per heavy atom. The SMILES string of the molecule is CC(C)(C)OC(=O)N1CC(CBr)OC1(C)C. The number of amides is 1. The van der Waals surface area contributed by atoms with E-state index in [1.807, 2.05) is 34.6 Å². The van der Waals surface area contributed by atoms with E-state index < -0.39 is 11.3 Å². The Bertz CT molecular complexity index is 273. The molecule has 1 aliphatic rings. The van der Waals surface area contributed by atoms with Gasteiger partial charge in [0, 0.05) is 5.33 Å². The molecule has 1 aliphatic heterocycles. The Morgan fingerprint density at radius 2 is 2.12 bits per heavy atom.